The molecule has 0 aliphatic carbocycles. The third-order valence-electron chi connectivity index (χ3n) is 3.64. The van der Waals surface area contributed by atoms with Gasteiger partial charge in [-0.25, -0.2) is 14.6 Å². The van der Waals surface area contributed by atoms with Crippen LogP contribution in [0.3, 0.4) is 0 Å². The van der Waals surface area contributed by atoms with Crippen LogP contribution < -0.4 is 5.32 Å². The van der Waals surface area contributed by atoms with E-state index in [-0.39, 0.29) is 11.7 Å². The zero-order chi connectivity index (χ0) is 18.9. The largest absolute Gasteiger partial charge is 0.464 e. The highest BCUT2D eigenvalue weighted by molar-refractivity contribution is 7.09. The minimum atomic E-state index is -0.484. The van der Waals surface area contributed by atoms with Gasteiger partial charge in [-0.3, -0.25) is 0 Å². The van der Waals surface area contributed by atoms with Gasteiger partial charge in [0.05, 0.1) is 13.7 Å². The Kier molecular flexibility index (Phi) is 7.55. The number of hydrogen-bond donors (Lipinski definition) is 1. The molecule has 1 N–H and O–H groups in total. The topological polar surface area (TPSA) is 80.8 Å². The van der Waals surface area contributed by atoms with Crippen LogP contribution in [0.4, 0.5) is 10.5 Å². The molecule has 0 unspecified atom stereocenters. The summed E-state index contributed by atoms with van der Waals surface area (Å²) >= 11 is 1.32. The lowest BCUT2D eigenvalue weighted by Gasteiger charge is -2.22. The first-order chi connectivity index (χ1) is 12.5. The van der Waals surface area contributed by atoms with E-state index in [1.54, 1.807) is 17.4 Å². The second-order valence-electron chi connectivity index (χ2n) is 5.68. The van der Waals surface area contributed by atoms with Gasteiger partial charge in [0.25, 0.3) is 0 Å². The lowest BCUT2D eigenvalue weighted by atomic mass is 10.2. The van der Waals surface area contributed by atoms with Gasteiger partial charge in [-0.15, -0.1) is 11.3 Å². The third-order valence-corrected chi connectivity index (χ3v) is 4.47. The van der Waals surface area contributed by atoms with Crippen molar-refractivity contribution < 1.29 is 19.1 Å². The highest BCUT2D eigenvalue weighted by Crippen LogP contribution is 2.15. The van der Waals surface area contributed by atoms with Crippen LogP contribution in [0.25, 0.3) is 0 Å². The summed E-state index contributed by atoms with van der Waals surface area (Å²) in [6, 6.07) is 7.38. The first-order valence-electron chi connectivity index (χ1n) is 8.17. The van der Waals surface area contributed by atoms with E-state index in [0.29, 0.717) is 31.1 Å². The van der Waals surface area contributed by atoms with E-state index in [1.807, 2.05) is 31.2 Å². The molecule has 0 atom stereocenters. The number of anilines is 1. The van der Waals surface area contributed by atoms with Crippen molar-refractivity contribution in [3.63, 3.8) is 0 Å². The molecule has 8 heteroatoms. The normalized spacial score (nSPS) is 10.4. The third kappa shape index (κ3) is 5.82. The average Bonchev–Trinajstić information content (AvgIpc) is 3.11. The van der Waals surface area contributed by atoms with Crippen LogP contribution in [0.2, 0.25) is 0 Å². The van der Waals surface area contributed by atoms with Crippen molar-refractivity contribution in [1.29, 1.82) is 0 Å². The number of rotatable bonds is 8. The van der Waals surface area contributed by atoms with Crippen LogP contribution in [0.15, 0.2) is 29.6 Å². The number of carbonyl (C=O) groups excluding carboxylic acids is 2. The Labute approximate surface area is 156 Å². The molecule has 7 nitrogen and oxygen atoms in total. The van der Waals surface area contributed by atoms with Gasteiger partial charge in [-0.2, -0.15) is 0 Å². The number of carbonyl (C=O) groups is 2. The summed E-state index contributed by atoms with van der Waals surface area (Å²) in [6.07, 6.45) is 0.701. The number of nitrogens with zero attached hydrogens (tertiary/aromatic N) is 2. The first kappa shape index (κ1) is 19.9. The fraction of sp³-hybridized carbons (Fsp3) is 0.389. The van der Waals surface area contributed by atoms with Crippen molar-refractivity contribution in [2.24, 2.45) is 0 Å². The van der Waals surface area contributed by atoms with Crippen molar-refractivity contribution in [3.8, 4) is 0 Å². The quantitative estimate of drug-likeness (QED) is 0.564. The molecule has 2 amide bonds. The number of esters is 1. The van der Waals surface area contributed by atoms with Crippen molar-refractivity contribution in [2.75, 3.05) is 32.7 Å². The predicted octanol–water partition coefficient (Wildman–Crippen LogP) is 3.31. The molecular weight excluding hydrogens is 354 g/mol. The van der Waals surface area contributed by atoms with E-state index < -0.39 is 5.97 Å². The Hall–Kier alpha value is -2.45. The number of aryl methyl sites for hydroxylation is 1. The average molecular weight is 377 g/mol. The molecule has 0 radical (unpaired) electrons. The maximum Gasteiger partial charge on any atom is 0.357 e. The maximum absolute atomic E-state index is 12.7. The number of aromatic nitrogens is 1. The van der Waals surface area contributed by atoms with E-state index in [9.17, 15) is 9.59 Å². The van der Waals surface area contributed by atoms with E-state index in [1.165, 1.54) is 18.4 Å². The van der Waals surface area contributed by atoms with Gasteiger partial charge < -0.3 is 19.7 Å². The number of methoxy groups -OCH3 is 2. The molecule has 26 heavy (non-hydrogen) atoms. The number of hydrogen-bond acceptors (Lipinski definition) is 6. The molecule has 1 aromatic heterocycles. The van der Waals surface area contributed by atoms with Gasteiger partial charge in [0.2, 0.25) is 0 Å². The summed E-state index contributed by atoms with van der Waals surface area (Å²) in [5, 5.41) is 5.19. The van der Waals surface area contributed by atoms with Gasteiger partial charge in [-0.1, -0.05) is 17.7 Å². The predicted molar refractivity (Wildman–Crippen MR) is 101 cm³/mol. The first-order valence-corrected chi connectivity index (χ1v) is 9.05. The van der Waals surface area contributed by atoms with Crippen LogP contribution in [0.5, 0.6) is 0 Å². The van der Waals surface area contributed by atoms with Gasteiger partial charge in [0.15, 0.2) is 5.69 Å². The number of ether oxygens (including phenoxy) is 2. The molecule has 0 fully saturated rings. The van der Waals surface area contributed by atoms with Gasteiger partial charge >= 0.3 is 12.0 Å². The summed E-state index contributed by atoms with van der Waals surface area (Å²) in [5.74, 6) is -0.484. The van der Waals surface area contributed by atoms with E-state index in [4.69, 9.17) is 4.74 Å². The SMILES string of the molecule is COCCCN(Cc1nc(C(=O)OC)cs1)C(=O)Nc1ccc(C)cc1. The number of benzene rings is 1. The zero-order valence-corrected chi connectivity index (χ0v) is 16.0. The van der Waals surface area contributed by atoms with Crippen molar-refractivity contribution in [1.82, 2.24) is 9.88 Å². The van der Waals surface area contributed by atoms with Gasteiger partial charge in [-0.05, 0) is 25.5 Å². The van der Waals surface area contributed by atoms with Crippen molar-refractivity contribution >= 4 is 29.0 Å². The Morgan fingerprint density at radius 2 is 1.96 bits per heavy atom. The Balaban J connectivity index is 2.06. The molecule has 0 spiro atoms. The standard InChI is InChI=1S/C18H23N3O4S/c1-13-5-7-14(8-6-13)19-18(23)21(9-4-10-24-2)11-16-20-15(12-26-16)17(22)25-3/h5-8,12H,4,9-11H2,1-3H3,(H,19,23). The Morgan fingerprint density at radius 3 is 2.62 bits per heavy atom. The monoisotopic (exact) mass is 377 g/mol. The van der Waals surface area contributed by atoms with E-state index >= 15 is 0 Å². The maximum atomic E-state index is 12.7. The molecular formula is C18H23N3O4S. The molecule has 0 bridgehead atoms. The van der Waals surface area contributed by atoms with Gasteiger partial charge in [0, 0.05) is 31.3 Å². The highest BCUT2D eigenvalue weighted by Gasteiger charge is 2.18. The van der Waals surface area contributed by atoms with Crippen molar-refractivity contribution in [3.05, 3.63) is 45.9 Å². The van der Waals surface area contributed by atoms with Crippen molar-refractivity contribution in [2.45, 2.75) is 19.9 Å². The molecule has 0 aliphatic heterocycles. The second-order valence-corrected chi connectivity index (χ2v) is 6.62. The number of amides is 2. The molecule has 2 rings (SSSR count). The van der Waals surface area contributed by atoms with Crippen LogP contribution >= 0.6 is 11.3 Å². The fourth-order valence-electron chi connectivity index (χ4n) is 2.24. The number of thiazole rings is 1. The van der Waals surface area contributed by atoms with Gasteiger partial charge in [0.1, 0.15) is 5.01 Å². The lowest BCUT2D eigenvalue weighted by molar-refractivity contribution is 0.0594. The van der Waals surface area contributed by atoms with Crippen LogP contribution in [0.1, 0.15) is 27.5 Å². The zero-order valence-electron chi connectivity index (χ0n) is 15.2. The van der Waals surface area contributed by atoms with Crippen LogP contribution in [-0.4, -0.2) is 49.3 Å². The summed E-state index contributed by atoms with van der Waals surface area (Å²) < 4.78 is 9.74. The minimum Gasteiger partial charge on any atom is -0.464 e. The summed E-state index contributed by atoms with van der Waals surface area (Å²) in [4.78, 5) is 30.1. The highest BCUT2D eigenvalue weighted by atomic mass is 32.1. The smallest absolute Gasteiger partial charge is 0.357 e. The lowest BCUT2D eigenvalue weighted by Crippen LogP contribution is -2.35. The summed E-state index contributed by atoms with van der Waals surface area (Å²) in [7, 11) is 2.94. The molecule has 1 heterocycles. The summed E-state index contributed by atoms with van der Waals surface area (Å²) in [6.45, 7) is 3.37. The van der Waals surface area contributed by atoms with E-state index in [2.05, 4.69) is 15.0 Å². The molecule has 2 aromatic rings. The Bertz CT molecular complexity index is 730. The minimum absolute atomic E-state index is 0.222. The van der Waals surface area contributed by atoms with Crippen LogP contribution in [-0.2, 0) is 16.0 Å². The fourth-order valence-corrected chi connectivity index (χ4v) is 3.01. The van der Waals surface area contributed by atoms with E-state index in [0.717, 1.165) is 11.3 Å². The molecule has 140 valence electrons. The Morgan fingerprint density at radius 1 is 1.23 bits per heavy atom. The molecule has 0 saturated carbocycles. The molecule has 1 aromatic carbocycles. The summed E-state index contributed by atoms with van der Waals surface area (Å²) in [5.41, 5.74) is 2.10. The van der Waals surface area contributed by atoms with Crippen LogP contribution in [0, 0.1) is 6.92 Å². The molecule has 0 aliphatic rings. The molecule has 0 saturated heterocycles. The number of urea groups is 1. The number of nitrogens with one attached hydrogen (secondary N) is 1. The second kappa shape index (κ2) is 9.88.